The first-order chi connectivity index (χ1) is 6.90. The Labute approximate surface area is 88.9 Å². The fourth-order valence-electron chi connectivity index (χ4n) is 1.79. The van der Waals surface area contributed by atoms with Crippen LogP contribution in [0.15, 0.2) is 5.38 Å². The van der Waals surface area contributed by atoms with Gasteiger partial charge in [0.15, 0.2) is 5.13 Å². The Hall–Kier alpha value is -0.610. The summed E-state index contributed by atoms with van der Waals surface area (Å²) in [6.07, 6.45) is 4.90. The average molecular weight is 211 g/mol. The van der Waals surface area contributed by atoms with E-state index in [1.54, 1.807) is 11.3 Å². The number of nitrogens with two attached hydrogens (primary N) is 1. The van der Waals surface area contributed by atoms with Gasteiger partial charge >= 0.3 is 0 Å². The normalized spacial score (nSPS) is 17.4. The van der Waals surface area contributed by atoms with Gasteiger partial charge in [-0.05, 0) is 25.8 Å². The minimum Gasteiger partial charge on any atom is -0.348 e. The highest BCUT2D eigenvalue weighted by Crippen LogP contribution is 2.23. The molecule has 0 saturated carbocycles. The Morgan fingerprint density at radius 3 is 2.86 bits per heavy atom. The lowest BCUT2D eigenvalue weighted by molar-refractivity contribution is 0.576. The molecule has 2 N–H and O–H groups in total. The number of hydrogen-bond acceptors (Lipinski definition) is 4. The van der Waals surface area contributed by atoms with Crippen LogP contribution in [0.25, 0.3) is 0 Å². The van der Waals surface area contributed by atoms with E-state index in [0.717, 1.165) is 12.1 Å². The molecule has 4 heteroatoms. The zero-order valence-electron chi connectivity index (χ0n) is 8.41. The molecule has 0 atom stereocenters. The predicted molar refractivity (Wildman–Crippen MR) is 60.9 cm³/mol. The largest absolute Gasteiger partial charge is 0.348 e. The molecule has 1 saturated heterocycles. The maximum atomic E-state index is 5.50. The van der Waals surface area contributed by atoms with E-state index in [1.807, 2.05) is 0 Å². The maximum absolute atomic E-state index is 5.50. The highest BCUT2D eigenvalue weighted by atomic mass is 32.1. The molecule has 0 aliphatic carbocycles. The highest BCUT2D eigenvalue weighted by Gasteiger charge is 2.13. The molecule has 0 amide bonds. The summed E-state index contributed by atoms with van der Waals surface area (Å²) in [7, 11) is 0. The molecule has 1 aromatic rings. The minimum absolute atomic E-state index is 0.698. The van der Waals surface area contributed by atoms with E-state index in [-0.39, 0.29) is 0 Å². The molecule has 2 rings (SSSR count). The maximum Gasteiger partial charge on any atom is 0.185 e. The summed E-state index contributed by atoms with van der Waals surface area (Å²) in [5.74, 6) is 0. The van der Waals surface area contributed by atoms with Crippen LogP contribution in [0.3, 0.4) is 0 Å². The molecule has 14 heavy (non-hydrogen) atoms. The van der Waals surface area contributed by atoms with Crippen LogP contribution in [0, 0.1) is 0 Å². The van der Waals surface area contributed by atoms with Gasteiger partial charge in [0, 0.05) is 24.9 Å². The van der Waals surface area contributed by atoms with Gasteiger partial charge in [0.25, 0.3) is 0 Å². The van der Waals surface area contributed by atoms with Crippen molar-refractivity contribution in [2.75, 3.05) is 24.5 Å². The van der Waals surface area contributed by atoms with Crippen molar-refractivity contribution >= 4 is 16.5 Å². The first-order valence-electron chi connectivity index (χ1n) is 5.29. The summed E-state index contributed by atoms with van der Waals surface area (Å²) in [6.45, 7) is 3.05. The summed E-state index contributed by atoms with van der Waals surface area (Å²) in [6, 6.07) is 0. The van der Waals surface area contributed by atoms with Gasteiger partial charge in [0.05, 0.1) is 5.69 Å². The smallest absolute Gasteiger partial charge is 0.185 e. The number of anilines is 1. The molecule has 1 aliphatic heterocycles. The Morgan fingerprint density at radius 2 is 2.14 bits per heavy atom. The number of rotatable bonds is 3. The second-order valence-corrected chi connectivity index (χ2v) is 4.54. The fraction of sp³-hybridized carbons (Fsp3) is 0.700. The summed E-state index contributed by atoms with van der Waals surface area (Å²) in [4.78, 5) is 6.99. The third-order valence-corrected chi connectivity index (χ3v) is 3.52. The monoisotopic (exact) mass is 211 g/mol. The topological polar surface area (TPSA) is 42.1 Å². The van der Waals surface area contributed by atoms with Gasteiger partial charge in [-0.2, -0.15) is 0 Å². The Kier molecular flexibility index (Phi) is 3.37. The second-order valence-electron chi connectivity index (χ2n) is 3.71. The minimum atomic E-state index is 0.698. The number of aromatic nitrogens is 1. The zero-order valence-corrected chi connectivity index (χ0v) is 9.22. The molecular formula is C10H17N3S. The van der Waals surface area contributed by atoms with Crippen molar-refractivity contribution in [1.82, 2.24) is 4.98 Å². The van der Waals surface area contributed by atoms with Crippen LogP contribution >= 0.6 is 11.3 Å². The molecule has 78 valence electrons. The molecule has 1 aliphatic rings. The molecule has 0 unspecified atom stereocenters. The van der Waals surface area contributed by atoms with Crippen molar-refractivity contribution in [3.63, 3.8) is 0 Å². The van der Waals surface area contributed by atoms with E-state index in [2.05, 4.69) is 15.3 Å². The quantitative estimate of drug-likeness (QED) is 0.826. The van der Waals surface area contributed by atoms with E-state index in [1.165, 1.54) is 37.5 Å². The van der Waals surface area contributed by atoms with Crippen molar-refractivity contribution in [3.8, 4) is 0 Å². The summed E-state index contributed by atoms with van der Waals surface area (Å²) in [5, 5.41) is 3.32. The lowest BCUT2D eigenvalue weighted by Gasteiger charge is -2.25. The molecule has 0 spiro atoms. The van der Waals surface area contributed by atoms with Gasteiger partial charge in [-0.25, -0.2) is 4.98 Å². The van der Waals surface area contributed by atoms with Crippen LogP contribution < -0.4 is 10.6 Å². The van der Waals surface area contributed by atoms with Crippen molar-refractivity contribution < 1.29 is 0 Å². The lowest BCUT2D eigenvalue weighted by atomic mass is 10.1. The Morgan fingerprint density at radius 1 is 1.36 bits per heavy atom. The van der Waals surface area contributed by atoms with Crippen molar-refractivity contribution in [1.29, 1.82) is 0 Å². The van der Waals surface area contributed by atoms with Crippen LogP contribution in [0.1, 0.15) is 25.0 Å². The van der Waals surface area contributed by atoms with Gasteiger partial charge in [0.1, 0.15) is 0 Å². The van der Waals surface area contributed by atoms with Crippen molar-refractivity contribution in [2.45, 2.75) is 25.7 Å². The summed E-state index contributed by atoms with van der Waals surface area (Å²) in [5.41, 5.74) is 6.65. The molecule has 0 radical (unpaired) electrons. The average Bonchev–Trinajstić information content (AvgIpc) is 2.68. The van der Waals surface area contributed by atoms with E-state index in [0.29, 0.717) is 6.54 Å². The molecule has 3 nitrogen and oxygen atoms in total. The zero-order chi connectivity index (χ0) is 9.80. The molecule has 1 aromatic heterocycles. The standard InChI is InChI=1S/C10H17N3S/c11-5-4-9-8-14-10(12-9)13-6-2-1-3-7-13/h8H,1-7,11H2. The van der Waals surface area contributed by atoms with Crippen LogP contribution in [-0.4, -0.2) is 24.6 Å². The third kappa shape index (κ3) is 2.25. The van der Waals surface area contributed by atoms with Crippen LogP contribution in [0.5, 0.6) is 0 Å². The van der Waals surface area contributed by atoms with Crippen LogP contribution in [0.4, 0.5) is 5.13 Å². The van der Waals surface area contributed by atoms with Crippen molar-refractivity contribution in [3.05, 3.63) is 11.1 Å². The molecule has 2 heterocycles. The Balaban J connectivity index is 2.00. The molecule has 0 bridgehead atoms. The molecular weight excluding hydrogens is 194 g/mol. The Bertz CT molecular complexity index is 279. The fourth-order valence-corrected chi connectivity index (χ4v) is 2.70. The first kappa shape index (κ1) is 9.93. The second kappa shape index (κ2) is 4.75. The van der Waals surface area contributed by atoms with E-state index < -0.39 is 0 Å². The molecule has 1 fully saturated rings. The number of nitrogens with zero attached hydrogens (tertiary/aromatic N) is 2. The van der Waals surface area contributed by atoms with E-state index in [4.69, 9.17) is 5.73 Å². The van der Waals surface area contributed by atoms with E-state index >= 15 is 0 Å². The number of hydrogen-bond donors (Lipinski definition) is 1. The lowest BCUT2D eigenvalue weighted by Crippen LogP contribution is -2.29. The predicted octanol–water partition coefficient (Wildman–Crippen LogP) is 1.63. The van der Waals surface area contributed by atoms with Gasteiger partial charge in [-0.3, -0.25) is 0 Å². The highest BCUT2D eigenvalue weighted by molar-refractivity contribution is 7.13. The summed E-state index contributed by atoms with van der Waals surface area (Å²) < 4.78 is 0. The van der Waals surface area contributed by atoms with E-state index in [9.17, 15) is 0 Å². The molecule has 0 aromatic carbocycles. The summed E-state index contributed by atoms with van der Waals surface area (Å²) >= 11 is 1.76. The van der Waals surface area contributed by atoms with Gasteiger partial charge in [-0.1, -0.05) is 0 Å². The first-order valence-corrected chi connectivity index (χ1v) is 6.17. The van der Waals surface area contributed by atoms with Gasteiger partial charge in [0.2, 0.25) is 0 Å². The number of piperidine rings is 1. The van der Waals surface area contributed by atoms with Crippen molar-refractivity contribution in [2.24, 2.45) is 5.73 Å². The third-order valence-electron chi connectivity index (χ3n) is 2.57. The van der Waals surface area contributed by atoms with Gasteiger partial charge < -0.3 is 10.6 Å². The SMILES string of the molecule is NCCc1csc(N2CCCCC2)n1. The van der Waals surface area contributed by atoms with Crippen LogP contribution in [-0.2, 0) is 6.42 Å². The number of thiazole rings is 1. The van der Waals surface area contributed by atoms with Gasteiger partial charge in [-0.15, -0.1) is 11.3 Å². The van der Waals surface area contributed by atoms with Crippen LogP contribution in [0.2, 0.25) is 0 Å².